The van der Waals surface area contributed by atoms with Gasteiger partial charge in [0.25, 0.3) is 0 Å². The summed E-state index contributed by atoms with van der Waals surface area (Å²) in [6.45, 7) is 4.33. The molecule has 0 aromatic carbocycles. The second-order valence-electron chi connectivity index (χ2n) is 3.50. The quantitative estimate of drug-likeness (QED) is 0.532. The topological polar surface area (TPSA) is 52.5 Å². The second-order valence-corrected chi connectivity index (χ2v) is 3.50. The Morgan fingerprint density at radius 1 is 0.923 bits per heavy atom. The van der Waals surface area contributed by atoms with Crippen LogP contribution in [0.25, 0.3) is 0 Å². The van der Waals surface area contributed by atoms with E-state index >= 15 is 0 Å². The van der Waals surface area contributed by atoms with Crippen molar-refractivity contribution in [2.45, 2.75) is 51.6 Å². The number of hydrogen-bond donors (Lipinski definition) is 3. The molecule has 0 atom stereocenters. The van der Waals surface area contributed by atoms with E-state index in [4.69, 9.17) is 10.2 Å². The van der Waals surface area contributed by atoms with Crippen LogP contribution in [0.15, 0.2) is 0 Å². The fourth-order valence-electron chi connectivity index (χ4n) is 1.50. The van der Waals surface area contributed by atoms with Gasteiger partial charge in [-0.2, -0.15) is 0 Å². The Morgan fingerprint density at radius 3 is 1.69 bits per heavy atom. The molecule has 13 heavy (non-hydrogen) atoms. The summed E-state index contributed by atoms with van der Waals surface area (Å²) in [7, 11) is 0. The van der Waals surface area contributed by atoms with E-state index in [9.17, 15) is 0 Å². The zero-order valence-corrected chi connectivity index (χ0v) is 8.79. The molecule has 3 N–H and O–H groups in total. The molecule has 3 heteroatoms. The summed E-state index contributed by atoms with van der Waals surface area (Å²) >= 11 is 0. The van der Waals surface area contributed by atoms with Gasteiger partial charge in [0.2, 0.25) is 0 Å². The minimum absolute atomic E-state index is 0.0143. The van der Waals surface area contributed by atoms with E-state index < -0.39 is 0 Å². The van der Waals surface area contributed by atoms with Crippen molar-refractivity contribution in [3.8, 4) is 0 Å². The van der Waals surface area contributed by atoms with E-state index in [1.54, 1.807) is 0 Å². The molecule has 80 valence electrons. The number of aliphatic hydroxyl groups excluding tert-OH is 2. The van der Waals surface area contributed by atoms with Crippen molar-refractivity contribution in [1.82, 2.24) is 5.32 Å². The van der Waals surface area contributed by atoms with Crippen molar-refractivity contribution in [1.29, 1.82) is 0 Å². The third kappa shape index (κ3) is 6.02. The van der Waals surface area contributed by atoms with Gasteiger partial charge in [-0.05, 0) is 12.8 Å². The molecule has 0 rings (SSSR count). The van der Waals surface area contributed by atoms with Gasteiger partial charge in [-0.3, -0.25) is 0 Å². The van der Waals surface area contributed by atoms with E-state index in [0.717, 1.165) is 25.7 Å². The summed E-state index contributed by atoms with van der Waals surface area (Å²) in [4.78, 5) is 0. The van der Waals surface area contributed by atoms with Gasteiger partial charge in [-0.15, -0.1) is 0 Å². The Kier molecular flexibility index (Phi) is 8.40. The zero-order chi connectivity index (χ0) is 10.1. The Morgan fingerprint density at radius 2 is 1.38 bits per heavy atom. The lowest BCUT2D eigenvalue weighted by Crippen LogP contribution is -2.42. The average Bonchev–Trinajstić information content (AvgIpc) is 2.14. The molecule has 0 bridgehead atoms. The Bertz CT molecular complexity index is 99.1. The van der Waals surface area contributed by atoms with Crippen molar-refractivity contribution in [3.63, 3.8) is 0 Å². The smallest absolute Gasteiger partial charge is 0.0607 e. The lowest BCUT2D eigenvalue weighted by Gasteiger charge is -2.22. The monoisotopic (exact) mass is 189 g/mol. The lowest BCUT2D eigenvalue weighted by atomic mass is 10.1. The van der Waals surface area contributed by atoms with Crippen molar-refractivity contribution in [2.75, 3.05) is 13.2 Å². The van der Waals surface area contributed by atoms with Crippen LogP contribution in [-0.4, -0.2) is 35.5 Å². The van der Waals surface area contributed by atoms with Crippen LogP contribution in [0.1, 0.15) is 39.5 Å². The Hall–Kier alpha value is -0.120. The normalized spacial score (nSPS) is 11.5. The highest BCUT2D eigenvalue weighted by Crippen LogP contribution is 2.05. The maximum absolute atomic E-state index is 8.89. The van der Waals surface area contributed by atoms with Gasteiger partial charge in [0.1, 0.15) is 0 Å². The maximum Gasteiger partial charge on any atom is 0.0607 e. The molecule has 0 fully saturated rings. The molecule has 0 aliphatic rings. The first-order valence-corrected chi connectivity index (χ1v) is 5.26. The van der Waals surface area contributed by atoms with Crippen LogP contribution in [0.5, 0.6) is 0 Å². The lowest BCUT2D eigenvalue weighted by molar-refractivity contribution is 0.158. The molecule has 0 radical (unpaired) electrons. The van der Waals surface area contributed by atoms with Crippen LogP contribution in [0.2, 0.25) is 0 Å². The molecule has 3 nitrogen and oxygen atoms in total. The molecule has 0 saturated heterocycles. The summed E-state index contributed by atoms with van der Waals surface area (Å²) < 4.78 is 0. The highest BCUT2D eigenvalue weighted by molar-refractivity contribution is 4.72. The Balaban J connectivity index is 3.76. The molecule has 0 aliphatic carbocycles. The molecule has 0 aromatic rings. The highest BCUT2D eigenvalue weighted by Gasteiger charge is 2.11. The third-order valence-electron chi connectivity index (χ3n) is 2.19. The largest absolute Gasteiger partial charge is 0.395 e. The minimum atomic E-state index is -0.150. The van der Waals surface area contributed by atoms with Crippen LogP contribution >= 0.6 is 0 Å². The Labute approximate surface area is 81.2 Å². The first kappa shape index (κ1) is 12.9. The van der Waals surface area contributed by atoms with E-state index in [2.05, 4.69) is 19.2 Å². The van der Waals surface area contributed by atoms with Crippen LogP contribution in [-0.2, 0) is 0 Å². The first-order valence-electron chi connectivity index (χ1n) is 5.26. The fraction of sp³-hybridized carbons (Fsp3) is 1.00. The first-order chi connectivity index (χ1) is 6.28. The van der Waals surface area contributed by atoms with E-state index in [-0.39, 0.29) is 19.3 Å². The fourth-order valence-corrected chi connectivity index (χ4v) is 1.50. The van der Waals surface area contributed by atoms with Gasteiger partial charge in [-0.25, -0.2) is 0 Å². The minimum Gasteiger partial charge on any atom is -0.395 e. The summed E-state index contributed by atoms with van der Waals surface area (Å²) in [6.07, 6.45) is 4.51. The molecular weight excluding hydrogens is 166 g/mol. The van der Waals surface area contributed by atoms with Crippen LogP contribution in [0.4, 0.5) is 0 Å². The number of nitrogens with one attached hydrogen (secondary N) is 1. The molecule has 0 spiro atoms. The van der Waals surface area contributed by atoms with Gasteiger partial charge in [0.15, 0.2) is 0 Å². The van der Waals surface area contributed by atoms with Crippen LogP contribution < -0.4 is 5.32 Å². The van der Waals surface area contributed by atoms with E-state index in [0.29, 0.717) is 6.04 Å². The highest BCUT2D eigenvalue weighted by atomic mass is 16.3. The summed E-state index contributed by atoms with van der Waals surface area (Å²) in [6, 6.07) is 0.294. The molecule has 0 amide bonds. The zero-order valence-electron chi connectivity index (χ0n) is 8.79. The number of aliphatic hydroxyl groups is 2. The summed E-state index contributed by atoms with van der Waals surface area (Å²) in [5.74, 6) is 0. The van der Waals surface area contributed by atoms with Gasteiger partial charge < -0.3 is 15.5 Å². The summed E-state index contributed by atoms with van der Waals surface area (Å²) in [5.41, 5.74) is 0. The van der Waals surface area contributed by atoms with Crippen molar-refractivity contribution in [2.24, 2.45) is 0 Å². The van der Waals surface area contributed by atoms with Gasteiger partial charge >= 0.3 is 0 Å². The summed E-state index contributed by atoms with van der Waals surface area (Å²) in [5, 5.41) is 21.0. The van der Waals surface area contributed by atoms with Crippen molar-refractivity contribution >= 4 is 0 Å². The van der Waals surface area contributed by atoms with Gasteiger partial charge in [0.05, 0.1) is 19.3 Å². The molecule has 0 heterocycles. The van der Waals surface area contributed by atoms with Gasteiger partial charge in [-0.1, -0.05) is 26.7 Å². The van der Waals surface area contributed by atoms with Crippen molar-refractivity contribution in [3.05, 3.63) is 0 Å². The van der Waals surface area contributed by atoms with Crippen LogP contribution in [0.3, 0.4) is 0 Å². The molecule has 0 aliphatic heterocycles. The van der Waals surface area contributed by atoms with E-state index in [1.165, 1.54) is 0 Å². The van der Waals surface area contributed by atoms with E-state index in [1.807, 2.05) is 0 Å². The van der Waals surface area contributed by atoms with Gasteiger partial charge in [0, 0.05) is 6.04 Å². The third-order valence-corrected chi connectivity index (χ3v) is 2.19. The predicted octanol–water partition coefficient (Wildman–Crippen LogP) is 0.898. The van der Waals surface area contributed by atoms with Crippen LogP contribution in [0, 0.1) is 0 Å². The average molecular weight is 189 g/mol. The second kappa shape index (κ2) is 8.48. The maximum atomic E-state index is 8.89. The predicted molar refractivity (Wildman–Crippen MR) is 54.7 cm³/mol. The molecule has 0 saturated carbocycles. The molecule has 0 aromatic heterocycles. The van der Waals surface area contributed by atoms with Crippen molar-refractivity contribution < 1.29 is 10.2 Å². The SMILES string of the molecule is CCCC(CCC)NC(CO)CO. The molecule has 0 unspecified atom stereocenters. The molecular formula is C10H23NO2. The standard InChI is InChI=1S/C10H23NO2/c1-3-5-9(6-4-2)11-10(7-12)8-13/h9-13H,3-8H2,1-2H3. The number of rotatable bonds is 8. The number of hydrogen-bond acceptors (Lipinski definition) is 3.